The molecular weight excluding hydrogens is 476 g/mol. The summed E-state index contributed by atoms with van der Waals surface area (Å²) in [5.74, 6) is 0.618. The number of aromatic nitrogens is 2. The zero-order chi connectivity index (χ0) is 25.3. The molecule has 1 aromatic carbocycles. The first-order valence-corrected chi connectivity index (χ1v) is 13.1. The van der Waals surface area contributed by atoms with E-state index in [1.807, 2.05) is 38.1 Å². The zero-order valence-corrected chi connectivity index (χ0v) is 21.3. The van der Waals surface area contributed by atoms with Crippen molar-refractivity contribution in [3.8, 4) is 10.6 Å². The smallest absolute Gasteiger partial charge is 0.227 e. The first-order chi connectivity index (χ1) is 17.3. The molecule has 3 aromatic rings. The molecule has 36 heavy (non-hydrogen) atoms. The number of aliphatic hydroxyl groups is 2. The van der Waals surface area contributed by atoms with E-state index in [4.69, 9.17) is 0 Å². The molecule has 1 aliphatic heterocycles. The van der Waals surface area contributed by atoms with Gasteiger partial charge in [0.1, 0.15) is 6.23 Å². The quantitative estimate of drug-likeness (QED) is 0.308. The third kappa shape index (κ3) is 5.14. The number of fused-ring (bicyclic) bond motifs is 1. The summed E-state index contributed by atoms with van der Waals surface area (Å²) in [4.78, 5) is 24.4. The molecule has 0 spiro atoms. The van der Waals surface area contributed by atoms with Crippen molar-refractivity contribution in [2.24, 2.45) is 5.92 Å². The van der Waals surface area contributed by atoms with Crippen LogP contribution in [0, 0.1) is 5.92 Å². The van der Waals surface area contributed by atoms with Gasteiger partial charge in [-0.1, -0.05) is 12.2 Å². The van der Waals surface area contributed by atoms with Crippen molar-refractivity contribution in [3.63, 3.8) is 0 Å². The molecule has 9 nitrogen and oxygen atoms in total. The summed E-state index contributed by atoms with van der Waals surface area (Å²) in [5.41, 5.74) is 1.03. The van der Waals surface area contributed by atoms with Crippen molar-refractivity contribution < 1.29 is 15.0 Å². The van der Waals surface area contributed by atoms with Gasteiger partial charge in [0.15, 0.2) is 6.35 Å². The number of carbonyl (C=O) groups is 1. The van der Waals surface area contributed by atoms with Crippen LogP contribution in [0.2, 0.25) is 0 Å². The van der Waals surface area contributed by atoms with Crippen LogP contribution >= 0.6 is 11.3 Å². The number of carbonyl (C=O) groups excluding carboxylic acids is 1. The molecule has 3 unspecified atom stereocenters. The minimum Gasteiger partial charge on any atom is -0.377 e. The summed E-state index contributed by atoms with van der Waals surface area (Å²) < 4.78 is 1.12. The third-order valence-corrected chi connectivity index (χ3v) is 8.12. The second-order valence-corrected chi connectivity index (χ2v) is 10.9. The van der Waals surface area contributed by atoms with Gasteiger partial charge in [-0.05, 0) is 68.8 Å². The van der Waals surface area contributed by atoms with E-state index in [-0.39, 0.29) is 11.8 Å². The lowest BCUT2D eigenvalue weighted by atomic mass is 9.93. The Morgan fingerprint density at radius 3 is 2.86 bits per heavy atom. The Balaban J connectivity index is 1.24. The van der Waals surface area contributed by atoms with E-state index in [9.17, 15) is 15.0 Å². The number of hydrogen-bond donors (Lipinski definition) is 5. The molecule has 5 N–H and O–H groups in total. The Kier molecular flexibility index (Phi) is 7.05. The molecule has 1 aliphatic carbocycles. The van der Waals surface area contributed by atoms with Gasteiger partial charge in [0.25, 0.3) is 0 Å². The van der Waals surface area contributed by atoms with Gasteiger partial charge in [-0.3, -0.25) is 15.0 Å². The van der Waals surface area contributed by atoms with E-state index >= 15 is 0 Å². The Morgan fingerprint density at radius 2 is 2.11 bits per heavy atom. The third-order valence-electron chi connectivity index (χ3n) is 6.98. The molecule has 0 saturated carbocycles. The van der Waals surface area contributed by atoms with E-state index in [1.54, 1.807) is 22.4 Å². The van der Waals surface area contributed by atoms with E-state index in [1.165, 1.54) is 0 Å². The summed E-state index contributed by atoms with van der Waals surface area (Å²) in [6, 6.07) is 9.96. The van der Waals surface area contributed by atoms with Gasteiger partial charge >= 0.3 is 0 Å². The summed E-state index contributed by atoms with van der Waals surface area (Å²) >= 11 is 1.64. The van der Waals surface area contributed by atoms with Gasteiger partial charge in [0, 0.05) is 35.6 Å². The van der Waals surface area contributed by atoms with Gasteiger partial charge in [0.05, 0.1) is 16.1 Å². The van der Waals surface area contributed by atoms with Crippen LogP contribution < -0.4 is 16.0 Å². The summed E-state index contributed by atoms with van der Waals surface area (Å²) in [6.45, 7) is 4.76. The highest BCUT2D eigenvalue weighted by atomic mass is 32.1. The topological polar surface area (TPSA) is 123 Å². The lowest BCUT2D eigenvalue weighted by molar-refractivity contribution is -0.120. The zero-order valence-electron chi connectivity index (χ0n) is 20.4. The maximum atomic E-state index is 12.6. The molecule has 2 aromatic heterocycles. The fourth-order valence-corrected chi connectivity index (χ4v) is 5.72. The number of anilines is 2. The number of amides is 1. The van der Waals surface area contributed by atoms with E-state index in [2.05, 4.69) is 44.1 Å². The van der Waals surface area contributed by atoms with Crippen molar-refractivity contribution in [2.45, 2.75) is 51.2 Å². The first-order valence-electron chi connectivity index (χ1n) is 12.3. The van der Waals surface area contributed by atoms with E-state index in [0.717, 1.165) is 45.6 Å². The normalized spacial score (nSPS) is 23.7. The average molecular weight is 509 g/mol. The second-order valence-electron chi connectivity index (χ2n) is 9.82. The van der Waals surface area contributed by atoms with Gasteiger partial charge in [-0.25, -0.2) is 9.97 Å². The lowest BCUT2D eigenvalue weighted by Crippen LogP contribution is -2.49. The van der Waals surface area contributed by atoms with Crippen LogP contribution in [0.5, 0.6) is 0 Å². The number of allylic oxidation sites excluding steroid dienone is 2. The Bertz CT molecular complexity index is 1280. The highest BCUT2D eigenvalue weighted by Crippen LogP contribution is 2.34. The molecule has 190 valence electrons. The second kappa shape index (κ2) is 10.2. The highest BCUT2D eigenvalue weighted by Gasteiger charge is 2.45. The monoisotopic (exact) mass is 508 g/mol. The lowest BCUT2D eigenvalue weighted by Gasteiger charge is -2.33. The fourth-order valence-electron chi connectivity index (χ4n) is 4.71. The Labute approximate surface area is 214 Å². The summed E-state index contributed by atoms with van der Waals surface area (Å²) in [7, 11) is 0. The van der Waals surface area contributed by atoms with Crippen LogP contribution in [0.3, 0.4) is 0 Å². The number of hydrogen-bond acceptors (Lipinski definition) is 9. The molecule has 1 amide bonds. The van der Waals surface area contributed by atoms with Gasteiger partial charge in [-0.2, -0.15) is 0 Å². The first kappa shape index (κ1) is 24.8. The van der Waals surface area contributed by atoms with Crippen LogP contribution in [0.15, 0.2) is 48.7 Å². The highest BCUT2D eigenvalue weighted by molar-refractivity contribution is 7.22. The molecule has 1 fully saturated rings. The maximum absolute atomic E-state index is 12.6. The van der Waals surface area contributed by atoms with Crippen LogP contribution in [-0.4, -0.2) is 62.2 Å². The molecule has 5 rings (SSSR count). The number of benzene rings is 1. The minimum absolute atomic E-state index is 0.0387. The van der Waals surface area contributed by atoms with Gasteiger partial charge < -0.3 is 20.8 Å². The Morgan fingerprint density at radius 1 is 1.25 bits per heavy atom. The standard InChI is InChI=1S/C26H32N6O3S/c1-26(2)23(34)31-25(35)32(26)13-12-28-24-27-11-10-19(30-24)21-15-17-14-18(8-9-20(17)36-21)29-22(33)16-6-4-3-5-7-16/h3-4,8-11,14-16,23,25,31,34-35H,5-7,12-13H2,1-2H3,(H,29,33)(H,27,28,30). The van der Waals surface area contributed by atoms with Crippen molar-refractivity contribution in [1.82, 2.24) is 20.2 Å². The van der Waals surface area contributed by atoms with E-state index < -0.39 is 18.1 Å². The van der Waals surface area contributed by atoms with Crippen molar-refractivity contribution in [1.29, 1.82) is 0 Å². The number of rotatable bonds is 7. The summed E-state index contributed by atoms with van der Waals surface area (Å²) in [5, 5.41) is 30.3. The predicted octanol–water partition coefficient (Wildman–Crippen LogP) is 3.34. The molecule has 2 aliphatic rings. The number of thiophene rings is 1. The molecule has 3 heterocycles. The van der Waals surface area contributed by atoms with Gasteiger partial charge in [-0.15, -0.1) is 11.3 Å². The van der Waals surface area contributed by atoms with Gasteiger partial charge in [0.2, 0.25) is 11.9 Å². The molecule has 3 atom stereocenters. The van der Waals surface area contributed by atoms with E-state index in [0.29, 0.717) is 19.0 Å². The van der Waals surface area contributed by atoms with Crippen molar-refractivity contribution in [3.05, 3.63) is 48.7 Å². The average Bonchev–Trinajstić information content (AvgIpc) is 3.38. The van der Waals surface area contributed by atoms with Crippen molar-refractivity contribution in [2.75, 3.05) is 23.7 Å². The molecule has 10 heteroatoms. The van der Waals surface area contributed by atoms with Crippen LogP contribution in [-0.2, 0) is 4.79 Å². The van der Waals surface area contributed by atoms with Crippen LogP contribution in [0.25, 0.3) is 20.7 Å². The van der Waals surface area contributed by atoms with Crippen molar-refractivity contribution >= 4 is 39.0 Å². The predicted molar refractivity (Wildman–Crippen MR) is 142 cm³/mol. The molecule has 1 saturated heterocycles. The molecule has 0 bridgehead atoms. The fraction of sp³-hybridized carbons (Fsp3) is 0.423. The largest absolute Gasteiger partial charge is 0.377 e. The molecular formula is C26H32N6O3S. The van der Waals surface area contributed by atoms with Crippen LogP contribution in [0.1, 0.15) is 33.1 Å². The number of nitrogens with zero attached hydrogens (tertiary/aromatic N) is 3. The molecule has 0 radical (unpaired) electrons. The maximum Gasteiger partial charge on any atom is 0.227 e. The Hall–Kier alpha value is -2.89. The number of aliphatic hydroxyl groups excluding tert-OH is 2. The summed E-state index contributed by atoms with van der Waals surface area (Å²) in [6.07, 6.45) is 6.89. The number of nitrogens with one attached hydrogen (secondary N) is 3. The minimum atomic E-state index is -0.906. The SMILES string of the molecule is CC1(C)C(O)NC(O)N1CCNc1nccc(-c2cc3cc(NC(=O)C4CC=CCC4)ccc3s2)n1. The van der Waals surface area contributed by atoms with Crippen LogP contribution in [0.4, 0.5) is 11.6 Å².